The second-order valence-electron chi connectivity index (χ2n) is 6.72. The van der Waals surface area contributed by atoms with Gasteiger partial charge in [0.05, 0.1) is 5.92 Å². The van der Waals surface area contributed by atoms with Gasteiger partial charge in [-0.2, -0.15) is 0 Å². The van der Waals surface area contributed by atoms with Crippen LogP contribution in [0.15, 0.2) is 42.5 Å². The van der Waals surface area contributed by atoms with E-state index in [4.69, 9.17) is 0 Å². The first-order valence-electron chi connectivity index (χ1n) is 9.20. The molecule has 0 spiro atoms. The molecular formula is C21H28N2O. The van der Waals surface area contributed by atoms with Crippen molar-refractivity contribution in [3.05, 3.63) is 48.0 Å². The van der Waals surface area contributed by atoms with Crippen molar-refractivity contribution < 1.29 is 4.79 Å². The Labute approximate surface area is 145 Å². The number of fused-ring (bicyclic) bond motifs is 1. The second kappa shape index (κ2) is 7.80. The van der Waals surface area contributed by atoms with E-state index >= 15 is 0 Å². The number of amides is 1. The number of carbonyl (C=O) groups is 1. The maximum absolute atomic E-state index is 12.7. The van der Waals surface area contributed by atoms with Gasteiger partial charge in [0.15, 0.2) is 0 Å². The van der Waals surface area contributed by atoms with Crippen LogP contribution in [0.4, 0.5) is 0 Å². The van der Waals surface area contributed by atoms with Gasteiger partial charge in [0, 0.05) is 26.2 Å². The van der Waals surface area contributed by atoms with E-state index in [1.807, 2.05) is 4.90 Å². The highest BCUT2D eigenvalue weighted by Gasteiger charge is 2.28. The molecular weight excluding hydrogens is 296 g/mol. The third-order valence-electron chi connectivity index (χ3n) is 5.20. The van der Waals surface area contributed by atoms with Gasteiger partial charge in [-0.25, -0.2) is 0 Å². The van der Waals surface area contributed by atoms with E-state index in [1.165, 1.54) is 16.3 Å². The normalized spacial score (nSPS) is 18.7. The Bertz CT molecular complexity index is 688. The fourth-order valence-corrected chi connectivity index (χ4v) is 3.87. The van der Waals surface area contributed by atoms with Crippen molar-refractivity contribution in [2.45, 2.75) is 33.2 Å². The quantitative estimate of drug-likeness (QED) is 0.832. The predicted molar refractivity (Wildman–Crippen MR) is 99.9 cm³/mol. The van der Waals surface area contributed by atoms with E-state index in [9.17, 15) is 4.79 Å². The molecule has 0 saturated carbocycles. The molecule has 1 heterocycles. The molecule has 2 aromatic carbocycles. The van der Waals surface area contributed by atoms with Crippen LogP contribution in [-0.2, 0) is 11.3 Å². The summed E-state index contributed by atoms with van der Waals surface area (Å²) in [7, 11) is 0. The number of piperidine rings is 1. The summed E-state index contributed by atoms with van der Waals surface area (Å²) in [6.07, 6.45) is 2.14. The Morgan fingerprint density at radius 2 is 1.88 bits per heavy atom. The third kappa shape index (κ3) is 3.62. The van der Waals surface area contributed by atoms with Crippen LogP contribution in [0.3, 0.4) is 0 Å². The zero-order chi connectivity index (χ0) is 16.9. The van der Waals surface area contributed by atoms with Crippen molar-refractivity contribution in [2.75, 3.05) is 26.2 Å². The van der Waals surface area contributed by atoms with Crippen molar-refractivity contribution in [1.29, 1.82) is 0 Å². The molecule has 1 amide bonds. The van der Waals surface area contributed by atoms with Gasteiger partial charge in [0.2, 0.25) is 5.91 Å². The number of rotatable bonds is 5. The highest BCUT2D eigenvalue weighted by molar-refractivity contribution is 5.85. The topological polar surface area (TPSA) is 23.6 Å². The molecule has 2 aromatic rings. The Kier molecular flexibility index (Phi) is 5.52. The maximum atomic E-state index is 12.7. The van der Waals surface area contributed by atoms with Gasteiger partial charge >= 0.3 is 0 Å². The molecule has 0 unspecified atom stereocenters. The second-order valence-corrected chi connectivity index (χ2v) is 6.72. The summed E-state index contributed by atoms with van der Waals surface area (Å²) >= 11 is 0. The molecule has 3 nitrogen and oxygen atoms in total. The Balaban J connectivity index is 1.72. The number of hydrogen-bond acceptors (Lipinski definition) is 2. The van der Waals surface area contributed by atoms with Gasteiger partial charge in [-0.3, -0.25) is 9.69 Å². The maximum Gasteiger partial charge on any atom is 0.226 e. The molecule has 0 N–H and O–H groups in total. The van der Waals surface area contributed by atoms with Crippen LogP contribution < -0.4 is 0 Å². The van der Waals surface area contributed by atoms with Crippen LogP contribution in [0.5, 0.6) is 0 Å². The molecule has 1 saturated heterocycles. The molecule has 3 rings (SSSR count). The zero-order valence-electron chi connectivity index (χ0n) is 14.9. The third-order valence-corrected chi connectivity index (χ3v) is 5.20. The average molecular weight is 324 g/mol. The van der Waals surface area contributed by atoms with Crippen LogP contribution in [-0.4, -0.2) is 41.9 Å². The Morgan fingerprint density at radius 1 is 1.12 bits per heavy atom. The van der Waals surface area contributed by atoms with Gasteiger partial charge < -0.3 is 4.90 Å². The summed E-state index contributed by atoms with van der Waals surface area (Å²) in [5, 5.41) is 2.62. The van der Waals surface area contributed by atoms with E-state index in [-0.39, 0.29) is 5.92 Å². The van der Waals surface area contributed by atoms with Crippen molar-refractivity contribution in [3.63, 3.8) is 0 Å². The lowest BCUT2D eigenvalue weighted by molar-refractivity contribution is -0.137. The minimum absolute atomic E-state index is 0.161. The van der Waals surface area contributed by atoms with E-state index in [1.54, 1.807) is 0 Å². The molecule has 1 fully saturated rings. The van der Waals surface area contributed by atoms with Crippen LogP contribution in [0.25, 0.3) is 10.8 Å². The summed E-state index contributed by atoms with van der Waals surface area (Å²) in [4.78, 5) is 17.1. The van der Waals surface area contributed by atoms with Crippen LogP contribution in [0.2, 0.25) is 0 Å². The minimum Gasteiger partial charge on any atom is -0.343 e. The van der Waals surface area contributed by atoms with Gasteiger partial charge in [0.1, 0.15) is 0 Å². The first-order chi connectivity index (χ1) is 11.7. The van der Waals surface area contributed by atoms with E-state index in [0.717, 1.165) is 45.6 Å². The van der Waals surface area contributed by atoms with Gasteiger partial charge in [-0.1, -0.05) is 42.5 Å². The number of benzene rings is 2. The molecule has 128 valence electrons. The van der Waals surface area contributed by atoms with Gasteiger partial charge in [-0.15, -0.1) is 0 Å². The molecule has 0 bridgehead atoms. The summed E-state index contributed by atoms with van der Waals surface area (Å²) < 4.78 is 0. The average Bonchev–Trinajstić information content (AvgIpc) is 2.63. The van der Waals surface area contributed by atoms with Crippen molar-refractivity contribution >= 4 is 16.7 Å². The van der Waals surface area contributed by atoms with Crippen molar-refractivity contribution in [3.8, 4) is 0 Å². The molecule has 1 atom stereocenters. The standard InChI is InChI=1S/C21H28N2O/c1-3-23(4-2)21(24)19-12-8-14-22(16-19)15-18-11-7-10-17-9-5-6-13-20(17)18/h5-7,9-11,13,19H,3-4,8,12,14-16H2,1-2H3/t19-/m1/s1. The lowest BCUT2D eigenvalue weighted by Crippen LogP contribution is -2.44. The molecule has 3 heteroatoms. The van der Waals surface area contributed by atoms with Crippen LogP contribution in [0.1, 0.15) is 32.3 Å². The zero-order valence-corrected chi connectivity index (χ0v) is 14.9. The summed E-state index contributed by atoms with van der Waals surface area (Å²) in [6, 6.07) is 15.1. The van der Waals surface area contributed by atoms with E-state index in [2.05, 4.69) is 61.2 Å². The monoisotopic (exact) mass is 324 g/mol. The smallest absolute Gasteiger partial charge is 0.226 e. The number of carbonyl (C=O) groups excluding carboxylic acids is 1. The first-order valence-corrected chi connectivity index (χ1v) is 9.20. The van der Waals surface area contributed by atoms with Crippen molar-refractivity contribution in [2.24, 2.45) is 5.92 Å². The highest BCUT2D eigenvalue weighted by Crippen LogP contribution is 2.24. The highest BCUT2D eigenvalue weighted by atomic mass is 16.2. The summed E-state index contributed by atoms with van der Waals surface area (Å²) in [6.45, 7) is 8.67. The summed E-state index contributed by atoms with van der Waals surface area (Å²) in [5.74, 6) is 0.497. The lowest BCUT2D eigenvalue weighted by atomic mass is 9.95. The number of nitrogens with zero attached hydrogens (tertiary/aromatic N) is 2. The molecule has 0 aromatic heterocycles. The Morgan fingerprint density at radius 3 is 2.67 bits per heavy atom. The van der Waals surface area contributed by atoms with Crippen molar-refractivity contribution in [1.82, 2.24) is 9.80 Å². The molecule has 24 heavy (non-hydrogen) atoms. The minimum atomic E-state index is 0.161. The largest absolute Gasteiger partial charge is 0.343 e. The van der Waals surface area contributed by atoms with Crippen LogP contribution >= 0.6 is 0 Å². The van der Waals surface area contributed by atoms with E-state index in [0.29, 0.717) is 5.91 Å². The fraction of sp³-hybridized carbons (Fsp3) is 0.476. The number of likely N-dealkylation sites (tertiary alicyclic amines) is 1. The molecule has 1 aliphatic heterocycles. The molecule has 0 aliphatic carbocycles. The SMILES string of the molecule is CCN(CC)C(=O)[C@@H]1CCCN(Cc2cccc3ccccc23)C1. The number of hydrogen-bond donors (Lipinski definition) is 0. The molecule has 0 radical (unpaired) electrons. The van der Waals surface area contributed by atoms with Gasteiger partial charge in [-0.05, 0) is 49.6 Å². The predicted octanol–water partition coefficient (Wildman–Crippen LogP) is 3.92. The fourth-order valence-electron chi connectivity index (χ4n) is 3.87. The lowest BCUT2D eigenvalue weighted by Gasteiger charge is -2.34. The summed E-state index contributed by atoms with van der Waals surface area (Å²) in [5.41, 5.74) is 1.36. The van der Waals surface area contributed by atoms with Gasteiger partial charge in [0.25, 0.3) is 0 Å². The molecule has 1 aliphatic rings. The van der Waals surface area contributed by atoms with Crippen LogP contribution in [0, 0.1) is 5.92 Å². The first kappa shape index (κ1) is 17.0. The Hall–Kier alpha value is -1.87. The van der Waals surface area contributed by atoms with E-state index < -0.39 is 0 Å².